The molecule has 21 heavy (non-hydrogen) atoms. The number of carbonyl (C=O) groups excluding carboxylic acids is 1. The first-order valence-electron chi connectivity index (χ1n) is 7.06. The van der Waals surface area contributed by atoms with Gasteiger partial charge in [0, 0.05) is 6.04 Å². The minimum Gasteiger partial charge on any atom is -0.494 e. The number of aromatic nitrogens is 2. The Morgan fingerprint density at radius 2 is 2.33 bits per heavy atom. The number of nitrogens with zero attached hydrogens (tertiary/aromatic N) is 2. The van der Waals surface area contributed by atoms with E-state index in [0.717, 1.165) is 23.9 Å². The molecule has 0 aliphatic heterocycles. The van der Waals surface area contributed by atoms with Gasteiger partial charge >= 0.3 is 0 Å². The standard InChI is InChI=1S/C15H18ClN3O2/c1-9(15(20)17-10-6-7-10)19-11-4-3-5-12(21-2)14(11)18-13(19)8-16/h3-5,9-10H,6-8H2,1-2H3,(H,17,20). The fraction of sp³-hybridized carbons (Fsp3) is 0.467. The molecule has 1 N–H and O–H groups in total. The second kappa shape index (κ2) is 5.56. The number of para-hydroxylation sites is 1. The van der Waals surface area contributed by atoms with Gasteiger partial charge in [-0.25, -0.2) is 4.98 Å². The zero-order valence-electron chi connectivity index (χ0n) is 12.1. The summed E-state index contributed by atoms with van der Waals surface area (Å²) in [6, 6.07) is 5.66. The Balaban J connectivity index is 2.04. The summed E-state index contributed by atoms with van der Waals surface area (Å²) in [7, 11) is 1.61. The maximum atomic E-state index is 12.3. The van der Waals surface area contributed by atoms with Gasteiger partial charge in [0.1, 0.15) is 23.1 Å². The molecule has 0 saturated heterocycles. The van der Waals surface area contributed by atoms with Crippen molar-refractivity contribution in [2.24, 2.45) is 0 Å². The molecule has 1 aliphatic carbocycles. The summed E-state index contributed by atoms with van der Waals surface area (Å²) in [5.41, 5.74) is 1.60. The molecule has 0 spiro atoms. The summed E-state index contributed by atoms with van der Waals surface area (Å²) < 4.78 is 7.23. The number of alkyl halides is 1. The number of fused-ring (bicyclic) bond motifs is 1. The van der Waals surface area contributed by atoms with E-state index < -0.39 is 0 Å². The molecule has 112 valence electrons. The van der Waals surface area contributed by atoms with Crippen LogP contribution in [-0.4, -0.2) is 28.6 Å². The number of imidazole rings is 1. The number of ether oxygens (including phenoxy) is 1. The second-order valence-electron chi connectivity index (χ2n) is 5.32. The van der Waals surface area contributed by atoms with E-state index in [-0.39, 0.29) is 17.8 Å². The molecule has 5 nitrogen and oxygen atoms in total. The third kappa shape index (κ3) is 2.58. The quantitative estimate of drug-likeness (QED) is 0.864. The van der Waals surface area contributed by atoms with Crippen LogP contribution in [0.1, 0.15) is 31.6 Å². The summed E-state index contributed by atoms with van der Waals surface area (Å²) >= 11 is 6.01. The van der Waals surface area contributed by atoms with Gasteiger partial charge in [-0.1, -0.05) is 6.07 Å². The molecule has 1 aromatic carbocycles. The van der Waals surface area contributed by atoms with Gasteiger partial charge in [0.25, 0.3) is 0 Å². The van der Waals surface area contributed by atoms with E-state index in [1.807, 2.05) is 29.7 Å². The predicted molar refractivity (Wildman–Crippen MR) is 81.7 cm³/mol. The fourth-order valence-corrected chi connectivity index (χ4v) is 2.69. The van der Waals surface area contributed by atoms with E-state index in [2.05, 4.69) is 10.3 Å². The molecule has 1 atom stereocenters. The maximum Gasteiger partial charge on any atom is 0.243 e. The van der Waals surface area contributed by atoms with Crippen molar-refractivity contribution in [2.75, 3.05) is 7.11 Å². The zero-order valence-corrected chi connectivity index (χ0v) is 12.9. The molecule has 6 heteroatoms. The van der Waals surface area contributed by atoms with Gasteiger partial charge < -0.3 is 14.6 Å². The van der Waals surface area contributed by atoms with Crippen molar-refractivity contribution in [1.29, 1.82) is 0 Å². The monoisotopic (exact) mass is 307 g/mol. The average Bonchev–Trinajstić information content (AvgIpc) is 3.22. The van der Waals surface area contributed by atoms with Crippen molar-refractivity contribution in [3.8, 4) is 5.75 Å². The number of hydrogen-bond donors (Lipinski definition) is 1. The predicted octanol–water partition coefficient (Wildman–Crippen LogP) is 2.62. The Bertz CT molecular complexity index is 679. The van der Waals surface area contributed by atoms with Crippen LogP contribution in [0, 0.1) is 0 Å². The summed E-state index contributed by atoms with van der Waals surface area (Å²) in [6.45, 7) is 1.87. The van der Waals surface area contributed by atoms with Gasteiger partial charge in [-0.05, 0) is 31.9 Å². The van der Waals surface area contributed by atoms with Crippen LogP contribution in [0.5, 0.6) is 5.75 Å². The number of amides is 1. The molecule has 1 unspecified atom stereocenters. The number of methoxy groups -OCH3 is 1. The number of rotatable bonds is 5. The van der Waals surface area contributed by atoms with Crippen LogP contribution in [0.15, 0.2) is 18.2 Å². The molecule has 0 radical (unpaired) electrons. The third-order valence-electron chi connectivity index (χ3n) is 3.79. The topological polar surface area (TPSA) is 56.2 Å². The van der Waals surface area contributed by atoms with E-state index in [9.17, 15) is 4.79 Å². The van der Waals surface area contributed by atoms with E-state index in [0.29, 0.717) is 17.6 Å². The van der Waals surface area contributed by atoms with Gasteiger partial charge in [-0.2, -0.15) is 0 Å². The number of carbonyl (C=O) groups is 1. The van der Waals surface area contributed by atoms with Crippen LogP contribution in [-0.2, 0) is 10.7 Å². The summed E-state index contributed by atoms with van der Waals surface area (Å²) in [4.78, 5) is 16.9. The molecule has 2 aromatic rings. The van der Waals surface area contributed by atoms with E-state index >= 15 is 0 Å². The summed E-state index contributed by atoms with van der Waals surface area (Å²) in [5.74, 6) is 1.62. The van der Waals surface area contributed by atoms with E-state index in [1.54, 1.807) is 7.11 Å². The number of benzene rings is 1. The maximum absolute atomic E-state index is 12.3. The molecule has 3 rings (SSSR count). The molecular weight excluding hydrogens is 290 g/mol. The first-order valence-corrected chi connectivity index (χ1v) is 7.59. The Morgan fingerprint density at radius 1 is 1.57 bits per heavy atom. The van der Waals surface area contributed by atoms with E-state index in [1.165, 1.54) is 0 Å². The van der Waals surface area contributed by atoms with Crippen molar-refractivity contribution < 1.29 is 9.53 Å². The van der Waals surface area contributed by atoms with Crippen LogP contribution in [0.3, 0.4) is 0 Å². The van der Waals surface area contributed by atoms with Crippen molar-refractivity contribution in [3.05, 3.63) is 24.0 Å². The van der Waals surface area contributed by atoms with Crippen LogP contribution in [0.2, 0.25) is 0 Å². The lowest BCUT2D eigenvalue weighted by Crippen LogP contribution is -2.33. The van der Waals surface area contributed by atoms with Crippen LogP contribution >= 0.6 is 11.6 Å². The highest BCUT2D eigenvalue weighted by molar-refractivity contribution is 6.17. The highest BCUT2D eigenvalue weighted by Gasteiger charge is 2.28. The second-order valence-corrected chi connectivity index (χ2v) is 5.59. The molecule has 1 fully saturated rings. The largest absolute Gasteiger partial charge is 0.494 e. The third-order valence-corrected chi connectivity index (χ3v) is 4.03. The first-order chi connectivity index (χ1) is 10.2. The normalized spacial score (nSPS) is 16.0. The number of nitrogens with one attached hydrogen (secondary N) is 1. The smallest absolute Gasteiger partial charge is 0.243 e. The van der Waals surface area contributed by atoms with Crippen LogP contribution in [0.25, 0.3) is 11.0 Å². The average molecular weight is 308 g/mol. The first kappa shape index (κ1) is 14.2. The molecular formula is C15H18ClN3O2. The van der Waals surface area contributed by atoms with Gasteiger partial charge in [0.15, 0.2) is 0 Å². The van der Waals surface area contributed by atoms with Crippen LogP contribution in [0.4, 0.5) is 0 Å². The van der Waals surface area contributed by atoms with Crippen molar-refractivity contribution in [1.82, 2.24) is 14.9 Å². The molecule has 1 amide bonds. The Labute approximate surface area is 128 Å². The molecule has 1 heterocycles. The van der Waals surface area contributed by atoms with Gasteiger partial charge in [-0.15, -0.1) is 11.6 Å². The minimum absolute atomic E-state index is 0.00554. The molecule has 0 bridgehead atoms. The number of hydrogen-bond acceptors (Lipinski definition) is 3. The van der Waals surface area contributed by atoms with E-state index in [4.69, 9.17) is 16.3 Å². The van der Waals surface area contributed by atoms with Crippen LogP contribution < -0.4 is 10.1 Å². The molecule has 1 saturated carbocycles. The van der Waals surface area contributed by atoms with Crippen molar-refractivity contribution >= 4 is 28.5 Å². The summed E-state index contributed by atoms with van der Waals surface area (Å²) in [5, 5.41) is 3.02. The molecule has 1 aromatic heterocycles. The van der Waals surface area contributed by atoms with Crippen molar-refractivity contribution in [3.63, 3.8) is 0 Å². The lowest BCUT2D eigenvalue weighted by Gasteiger charge is -2.16. The number of halogens is 1. The minimum atomic E-state index is -0.351. The lowest BCUT2D eigenvalue weighted by molar-refractivity contribution is -0.123. The summed E-state index contributed by atoms with van der Waals surface area (Å²) in [6.07, 6.45) is 2.14. The Kier molecular flexibility index (Phi) is 3.76. The van der Waals surface area contributed by atoms with Gasteiger partial charge in [-0.3, -0.25) is 4.79 Å². The molecule has 1 aliphatic rings. The van der Waals surface area contributed by atoms with Gasteiger partial charge in [0.2, 0.25) is 5.91 Å². The Hall–Kier alpha value is -1.75. The zero-order chi connectivity index (χ0) is 15.0. The van der Waals surface area contributed by atoms with Crippen molar-refractivity contribution in [2.45, 2.75) is 37.7 Å². The highest BCUT2D eigenvalue weighted by atomic mass is 35.5. The Morgan fingerprint density at radius 3 is 2.95 bits per heavy atom. The fourth-order valence-electron chi connectivity index (χ4n) is 2.50. The highest BCUT2D eigenvalue weighted by Crippen LogP contribution is 2.29. The van der Waals surface area contributed by atoms with Gasteiger partial charge in [0.05, 0.1) is 18.5 Å². The SMILES string of the molecule is COc1cccc2c1nc(CCl)n2C(C)C(=O)NC1CC1. The lowest BCUT2D eigenvalue weighted by atomic mass is 10.2.